The molecule has 1 rings (SSSR count). The monoisotopic (exact) mass is 228 g/mol. The highest BCUT2D eigenvalue weighted by Crippen LogP contribution is 2.28. The molecular weight excluding hydrogens is 216 g/mol. The molecular formula is C10H13ClN2O2. The van der Waals surface area contributed by atoms with Crippen molar-refractivity contribution in [2.45, 2.75) is 12.8 Å². The predicted octanol–water partition coefficient (Wildman–Crippen LogP) is 2.79. The molecule has 0 aliphatic heterocycles. The molecule has 5 heteroatoms. The third-order valence-corrected chi connectivity index (χ3v) is 2.59. The van der Waals surface area contributed by atoms with Crippen molar-refractivity contribution in [1.29, 1.82) is 0 Å². The standard InChI is InChI=1S/C10H13ClN2O2/c1-3-12(2)9-5-4-8(7-11)6-10(9)13(14)15/h4-6H,3,7H2,1-2H3. The molecule has 0 unspecified atom stereocenters. The summed E-state index contributed by atoms with van der Waals surface area (Å²) in [4.78, 5) is 12.3. The van der Waals surface area contributed by atoms with Crippen molar-refractivity contribution in [1.82, 2.24) is 0 Å². The summed E-state index contributed by atoms with van der Waals surface area (Å²) in [7, 11) is 1.82. The van der Waals surface area contributed by atoms with Crippen LogP contribution in [0.4, 0.5) is 11.4 Å². The average molecular weight is 229 g/mol. The maximum atomic E-state index is 10.8. The van der Waals surface area contributed by atoms with Crippen molar-refractivity contribution in [3.8, 4) is 0 Å². The van der Waals surface area contributed by atoms with Crippen molar-refractivity contribution in [2.75, 3.05) is 18.5 Å². The van der Waals surface area contributed by atoms with E-state index in [2.05, 4.69) is 0 Å². The van der Waals surface area contributed by atoms with E-state index in [1.165, 1.54) is 6.07 Å². The molecule has 0 bridgehead atoms. The predicted molar refractivity (Wildman–Crippen MR) is 61.6 cm³/mol. The normalized spacial score (nSPS) is 10.1. The SMILES string of the molecule is CCN(C)c1ccc(CCl)cc1[N+](=O)[O-]. The van der Waals surface area contributed by atoms with Crippen LogP contribution in [0.1, 0.15) is 12.5 Å². The first-order valence-corrected chi connectivity index (χ1v) is 5.18. The Kier molecular flexibility index (Phi) is 3.91. The molecule has 0 aliphatic carbocycles. The number of hydrogen-bond donors (Lipinski definition) is 0. The first kappa shape index (κ1) is 11.8. The second kappa shape index (κ2) is 4.98. The van der Waals surface area contributed by atoms with Gasteiger partial charge in [-0.2, -0.15) is 0 Å². The Bertz CT molecular complexity index is 368. The summed E-state index contributed by atoms with van der Waals surface area (Å²) < 4.78 is 0. The van der Waals surface area contributed by atoms with Crippen molar-refractivity contribution >= 4 is 23.0 Å². The molecule has 0 fully saturated rings. The largest absolute Gasteiger partial charge is 0.369 e. The number of halogens is 1. The van der Waals surface area contributed by atoms with Gasteiger partial charge in [-0.1, -0.05) is 6.07 Å². The first-order chi connectivity index (χ1) is 7.10. The van der Waals surface area contributed by atoms with Crippen LogP contribution >= 0.6 is 11.6 Å². The van der Waals surface area contributed by atoms with Gasteiger partial charge in [0.15, 0.2) is 0 Å². The second-order valence-corrected chi connectivity index (χ2v) is 3.50. The van der Waals surface area contributed by atoms with E-state index in [0.717, 1.165) is 12.1 Å². The summed E-state index contributed by atoms with van der Waals surface area (Å²) in [5.74, 6) is 0.289. The van der Waals surface area contributed by atoms with Gasteiger partial charge in [0.25, 0.3) is 5.69 Å². The van der Waals surface area contributed by atoms with Crippen LogP contribution in [0.5, 0.6) is 0 Å². The molecule has 1 aromatic carbocycles. The zero-order valence-corrected chi connectivity index (χ0v) is 9.49. The minimum Gasteiger partial charge on any atom is -0.369 e. The number of alkyl halides is 1. The molecule has 15 heavy (non-hydrogen) atoms. The maximum absolute atomic E-state index is 10.8. The van der Waals surface area contributed by atoms with E-state index in [-0.39, 0.29) is 16.5 Å². The number of rotatable bonds is 4. The van der Waals surface area contributed by atoms with Gasteiger partial charge in [-0.3, -0.25) is 10.1 Å². The van der Waals surface area contributed by atoms with E-state index in [1.54, 1.807) is 6.07 Å². The highest BCUT2D eigenvalue weighted by molar-refractivity contribution is 6.17. The fourth-order valence-corrected chi connectivity index (χ4v) is 1.46. The van der Waals surface area contributed by atoms with Crippen LogP contribution in [-0.2, 0) is 5.88 Å². The lowest BCUT2D eigenvalue weighted by Gasteiger charge is -2.16. The highest BCUT2D eigenvalue weighted by atomic mass is 35.5. The van der Waals surface area contributed by atoms with Gasteiger partial charge < -0.3 is 4.90 Å². The number of hydrogen-bond acceptors (Lipinski definition) is 3. The summed E-state index contributed by atoms with van der Waals surface area (Å²) in [5, 5.41) is 10.8. The van der Waals surface area contributed by atoms with E-state index in [1.807, 2.05) is 24.9 Å². The topological polar surface area (TPSA) is 46.4 Å². The van der Waals surface area contributed by atoms with E-state index >= 15 is 0 Å². The number of anilines is 1. The minimum absolute atomic E-state index is 0.109. The lowest BCUT2D eigenvalue weighted by atomic mass is 10.2. The fraction of sp³-hybridized carbons (Fsp3) is 0.400. The van der Waals surface area contributed by atoms with E-state index in [9.17, 15) is 10.1 Å². The molecule has 1 aromatic rings. The van der Waals surface area contributed by atoms with Gasteiger partial charge >= 0.3 is 0 Å². The number of benzene rings is 1. The van der Waals surface area contributed by atoms with Crippen LogP contribution in [0.2, 0.25) is 0 Å². The fourth-order valence-electron chi connectivity index (χ4n) is 1.29. The van der Waals surface area contributed by atoms with E-state index < -0.39 is 0 Å². The molecule has 0 N–H and O–H groups in total. The lowest BCUT2D eigenvalue weighted by Crippen LogP contribution is -2.17. The number of nitrogens with zero attached hydrogens (tertiary/aromatic N) is 2. The van der Waals surface area contributed by atoms with Gasteiger partial charge in [-0.15, -0.1) is 11.6 Å². The quantitative estimate of drug-likeness (QED) is 0.452. The molecule has 4 nitrogen and oxygen atoms in total. The molecule has 0 atom stereocenters. The Morgan fingerprint density at radius 1 is 1.53 bits per heavy atom. The number of nitro groups is 1. The Morgan fingerprint density at radius 2 is 2.20 bits per heavy atom. The van der Waals surface area contributed by atoms with Gasteiger partial charge in [0.05, 0.1) is 4.92 Å². The zero-order valence-electron chi connectivity index (χ0n) is 8.74. The molecule has 0 aromatic heterocycles. The van der Waals surface area contributed by atoms with Gasteiger partial charge in [0.1, 0.15) is 5.69 Å². The van der Waals surface area contributed by atoms with Crippen molar-refractivity contribution in [3.63, 3.8) is 0 Å². The maximum Gasteiger partial charge on any atom is 0.292 e. The van der Waals surface area contributed by atoms with Crippen molar-refractivity contribution in [3.05, 3.63) is 33.9 Å². The van der Waals surface area contributed by atoms with Crippen LogP contribution in [0.25, 0.3) is 0 Å². The molecule has 0 aliphatic rings. The summed E-state index contributed by atoms with van der Waals surface area (Å²) in [6, 6.07) is 5.06. The van der Waals surface area contributed by atoms with Crippen LogP contribution < -0.4 is 4.90 Å². The highest BCUT2D eigenvalue weighted by Gasteiger charge is 2.16. The van der Waals surface area contributed by atoms with Gasteiger partial charge in [-0.05, 0) is 18.6 Å². The molecule has 0 saturated carbocycles. The second-order valence-electron chi connectivity index (χ2n) is 3.23. The third kappa shape index (κ3) is 2.59. The Hall–Kier alpha value is -1.29. The summed E-state index contributed by atoms with van der Waals surface area (Å²) in [6.07, 6.45) is 0. The Balaban J connectivity index is 3.21. The lowest BCUT2D eigenvalue weighted by molar-refractivity contribution is -0.384. The Labute approximate surface area is 93.6 Å². The molecule has 0 saturated heterocycles. The molecule has 0 amide bonds. The van der Waals surface area contributed by atoms with Gasteiger partial charge in [0, 0.05) is 25.5 Å². The summed E-state index contributed by atoms with van der Waals surface area (Å²) >= 11 is 5.63. The first-order valence-electron chi connectivity index (χ1n) is 4.64. The van der Waals surface area contributed by atoms with Gasteiger partial charge in [-0.25, -0.2) is 0 Å². The third-order valence-electron chi connectivity index (χ3n) is 2.28. The molecule has 0 heterocycles. The van der Waals surface area contributed by atoms with Crippen LogP contribution in [0.3, 0.4) is 0 Å². The van der Waals surface area contributed by atoms with Crippen LogP contribution in [-0.4, -0.2) is 18.5 Å². The molecule has 82 valence electrons. The molecule has 0 radical (unpaired) electrons. The smallest absolute Gasteiger partial charge is 0.292 e. The van der Waals surface area contributed by atoms with Crippen LogP contribution in [0.15, 0.2) is 18.2 Å². The van der Waals surface area contributed by atoms with E-state index in [4.69, 9.17) is 11.6 Å². The van der Waals surface area contributed by atoms with Crippen molar-refractivity contribution < 1.29 is 4.92 Å². The number of nitro benzene ring substituents is 1. The van der Waals surface area contributed by atoms with Crippen LogP contribution in [0, 0.1) is 10.1 Å². The summed E-state index contributed by atoms with van der Waals surface area (Å²) in [6.45, 7) is 2.67. The summed E-state index contributed by atoms with van der Waals surface area (Å²) in [5.41, 5.74) is 1.49. The molecule has 0 spiro atoms. The van der Waals surface area contributed by atoms with Gasteiger partial charge in [0.2, 0.25) is 0 Å². The minimum atomic E-state index is -0.377. The zero-order chi connectivity index (χ0) is 11.4. The van der Waals surface area contributed by atoms with E-state index in [0.29, 0.717) is 5.69 Å². The Morgan fingerprint density at radius 3 is 2.67 bits per heavy atom. The average Bonchev–Trinajstić information content (AvgIpc) is 2.27. The van der Waals surface area contributed by atoms with Crippen molar-refractivity contribution in [2.24, 2.45) is 0 Å².